The molecule has 0 spiro atoms. The molecule has 0 amide bonds. The first-order valence-electron chi connectivity index (χ1n) is 11.0. The van der Waals surface area contributed by atoms with E-state index in [1.807, 2.05) is 11.8 Å². The molecule has 0 atom stereocenters. The normalized spacial score (nSPS) is 15.9. The molecule has 0 saturated carbocycles. The molecule has 1 N–H and O–H groups in total. The number of H-pyrrole nitrogens is 1. The maximum absolute atomic E-state index is 14.1. The van der Waals surface area contributed by atoms with Gasteiger partial charge in [0.2, 0.25) is 10.0 Å². The van der Waals surface area contributed by atoms with E-state index in [1.165, 1.54) is 4.57 Å². The summed E-state index contributed by atoms with van der Waals surface area (Å²) in [7, 11) is -2.63. The number of sulfonamides is 1. The van der Waals surface area contributed by atoms with Gasteiger partial charge < -0.3 is 4.57 Å². The molecule has 1 aromatic carbocycles. The summed E-state index contributed by atoms with van der Waals surface area (Å²) >= 11 is 0. The number of hydrogen-bond acceptors (Lipinski definition) is 6. The van der Waals surface area contributed by atoms with Gasteiger partial charge >= 0.3 is 5.69 Å². The van der Waals surface area contributed by atoms with Crippen LogP contribution < -0.4 is 11.2 Å². The first-order valence-corrected chi connectivity index (χ1v) is 12.4. The standard InChI is InChI=1S/C21H26F2N6O4S/c1-3-4-8-29-19-17(20(30)25-21(29)31)26(2)16(24-19)13-27-9-11-28(12-10-27)34(32,33)18-14(22)6-5-7-15(18)23/h5-7H,3-4,8-13H2,1-2H3,(H,25,30,31). The fourth-order valence-electron chi connectivity index (χ4n) is 4.14. The Morgan fingerprint density at radius 3 is 2.35 bits per heavy atom. The van der Waals surface area contributed by atoms with E-state index in [1.54, 1.807) is 11.6 Å². The third-order valence-corrected chi connectivity index (χ3v) is 8.00. The molecular formula is C21H26F2N6O4S. The number of nitrogens with one attached hydrogen (secondary N) is 1. The number of piperazine rings is 1. The van der Waals surface area contributed by atoms with Gasteiger partial charge in [-0.2, -0.15) is 4.31 Å². The molecule has 1 aliphatic rings. The van der Waals surface area contributed by atoms with Crippen molar-refractivity contribution >= 4 is 21.2 Å². The number of unbranched alkanes of at least 4 members (excludes halogenated alkanes) is 1. The molecule has 0 unspecified atom stereocenters. The van der Waals surface area contributed by atoms with Gasteiger partial charge in [-0.25, -0.2) is 27.0 Å². The Labute approximate surface area is 194 Å². The van der Waals surface area contributed by atoms with Crippen LogP contribution in [0.2, 0.25) is 0 Å². The molecule has 0 bridgehead atoms. The largest absolute Gasteiger partial charge is 0.330 e. The van der Waals surface area contributed by atoms with Crippen molar-refractivity contribution in [3.05, 3.63) is 56.5 Å². The number of benzene rings is 1. The average molecular weight is 497 g/mol. The molecule has 3 aromatic rings. The number of rotatable bonds is 7. The highest BCUT2D eigenvalue weighted by Gasteiger charge is 2.33. The van der Waals surface area contributed by atoms with E-state index in [2.05, 4.69) is 9.97 Å². The smallest absolute Gasteiger partial charge is 0.324 e. The van der Waals surface area contributed by atoms with E-state index in [0.29, 0.717) is 43.2 Å². The summed E-state index contributed by atoms with van der Waals surface area (Å²) in [5.41, 5.74) is -0.412. The first kappa shape index (κ1) is 24.2. The van der Waals surface area contributed by atoms with Crippen LogP contribution in [-0.4, -0.2) is 62.9 Å². The fraction of sp³-hybridized carbons (Fsp3) is 0.476. The Hall–Kier alpha value is -2.90. The highest BCUT2D eigenvalue weighted by molar-refractivity contribution is 7.89. The Morgan fingerprint density at radius 1 is 1.09 bits per heavy atom. The van der Waals surface area contributed by atoms with Crippen LogP contribution in [0.1, 0.15) is 25.6 Å². The molecular weight excluding hydrogens is 470 g/mol. The van der Waals surface area contributed by atoms with Crippen molar-refractivity contribution in [2.45, 2.75) is 37.8 Å². The second-order valence-corrected chi connectivity index (χ2v) is 10.1. The number of aromatic nitrogens is 4. The third-order valence-electron chi connectivity index (χ3n) is 6.05. The van der Waals surface area contributed by atoms with E-state index in [4.69, 9.17) is 0 Å². The number of halogens is 2. The van der Waals surface area contributed by atoms with E-state index in [0.717, 1.165) is 35.3 Å². The van der Waals surface area contributed by atoms with Crippen molar-refractivity contribution in [2.24, 2.45) is 7.05 Å². The fourth-order valence-corrected chi connectivity index (χ4v) is 5.67. The SMILES string of the molecule is CCCCn1c(=O)[nH]c(=O)c2c1nc(CN1CCN(S(=O)(=O)c3c(F)cccc3F)CC1)n2C. The predicted octanol–water partition coefficient (Wildman–Crippen LogP) is 1.01. The number of fused-ring (bicyclic) bond motifs is 1. The van der Waals surface area contributed by atoms with Crippen LogP contribution in [-0.2, 0) is 30.2 Å². The Morgan fingerprint density at radius 2 is 1.74 bits per heavy atom. The lowest BCUT2D eigenvalue weighted by Gasteiger charge is -2.33. The molecule has 2 aromatic heterocycles. The maximum atomic E-state index is 14.1. The summed E-state index contributed by atoms with van der Waals surface area (Å²) in [6, 6.07) is 2.95. The summed E-state index contributed by atoms with van der Waals surface area (Å²) in [5.74, 6) is -1.70. The van der Waals surface area contributed by atoms with Crippen LogP contribution >= 0.6 is 0 Å². The summed E-state index contributed by atoms with van der Waals surface area (Å²) in [6.07, 6.45) is 1.63. The molecule has 184 valence electrons. The third kappa shape index (κ3) is 4.30. The lowest BCUT2D eigenvalue weighted by molar-refractivity contribution is 0.176. The van der Waals surface area contributed by atoms with Gasteiger partial charge in [-0.15, -0.1) is 0 Å². The van der Waals surface area contributed by atoms with Gasteiger partial charge in [0.15, 0.2) is 16.1 Å². The number of imidazole rings is 1. The lowest BCUT2D eigenvalue weighted by atomic mass is 10.3. The van der Waals surface area contributed by atoms with Crippen molar-refractivity contribution in [2.75, 3.05) is 26.2 Å². The van der Waals surface area contributed by atoms with E-state index in [9.17, 15) is 26.8 Å². The summed E-state index contributed by atoms with van der Waals surface area (Å²) in [5, 5.41) is 0. The van der Waals surface area contributed by atoms with Crippen LogP contribution in [0.3, 0.4) is 0 Å². The van der Waals surface area contributed by atoms with Crippen LogP contribution in [0.25, 0.3) is 11.2 Å². The van der Waals surface area contributed by atoms with Crippen molar-refractivity contribution in [3.63, 3.8) is 0 Å². The summed E-state index contributed by atoms with van der Waals surface area (Å²) in [6.45, 7) is 3.44. The number of hydrogen-bond donors (Lipinski definition) is 1. The minimum absolute atomic E-state index is 0.0435. The average Bonchev–Trinajstić information content (AvgIpc) is 3.10. The second-order valence-electron chi connectivity index (χ2n) is 8.25. The zero-order chi connectivity index (χ0) is 24.6. The molecule has 3 heterocycles. The van der Waals surface area contributed by atoms with E-state index < -0.39 is 37.8 Å². The molecule has 4 rings (SSSR count). The Kier molecular flexibility index (Phi) is 6.69. The van der Waals surface area contributed by atoms with E-state index >= 15 is 0 Å². The van der Waals surface area contributed by atoms with Gasteiger partial charge in [-0.3, -0.25) is 19.2 Å². The molecule has 0 aliphatic carbocycles. The Balaban J connectivity index is 1.54. The first-order chi connectivity index (χ1) is 16.1. The molecule has 0 radical (unpaired) electrons. The van der Waals surface area contributed by atoms with Crippen LogP contribution in [0.15, 0.2) is 32.7 Å². The van der Waals surface area contributed by atoms with Gasteiger partial charge in [0, 0.05) is 39.8 Å². The van der Waals surface area contributed by atoms with Gasteiger partial charge in [0.05, 0.1) is 6.54 Å². The molecule has 10 nitrogen and oxygen atoms in total. The number of nitrogens with zero attached hydrogens (tertiary/aromatic N) is 5. The van der Waals surface area contributed by atoms with Crippen molar-refractivity contribution in [1.82, 2.24) is 28.3 Å². The molecule has 1 aliphatic heterocycles. The monoisotopic (exact) mass is 496 g/mol. The zero-order valence-corrected chi connectivity index (χ0v) is 19.7. The minimum atomic E-state index is -4.32. The molecule has 1 saturated heterocycles. The van der Waals surface area contributed by atoms with Crippen molar-refractivity contribution in [1.29, 1.82) is 0 Å². The van der Waals surface area contributed by atoms with Gasteiger partial charge in [-0.1, -0.05) is 19.4 Å². The van der Waals surface area contributed by atoms with E-state index in [-0.39, 0.29) is 13.1 Å². The van der Waals surface area contributed by atoms with Gasteiger partial charge in [0.25, 0.3) is 5.56 Å². The van der Waals surface area contributed by atoms with Gasteiger partial charge in [-0.05, 0) is 18.6 Å². The van der Waals surface area contributed by atoms with Crippen LogP contribution in [0, 0.1) is 11.6 Å². The quantitative estimate of drug-likeness (QED) is 0.522. The topological polar surface area (TPSA) is 113 Å². The van der Waals surface area contributed by atoms with Crippen molar-refractivity contribution in [3.8, 4) is 0 Å². The van der Waals surface area contributed by atoms with Crippen LogP contribution in [0.5, 0.6) is 0 Å². The van der Waals surface area contributed by atoms with Crippen molar-refractivity contribution < 1.29 is 17.2 Å². The lowest BCUT2D eigenvalue weighted by Crippen LogP contribution is -2.48. The second kappa shape index (κ2) is 9.39. The highest BCUT2D eigenvalue weighted by atomic mass is 32.2. The van der Waals surface area contributed by atoms with Gasteiger partial charge in [0.1, 0.15) is 17.5 Å². The zero-order valence-electron chi connectivity index (χ0n) is 18.9. The number of aryl methyl sites for hydroxylation is 2. The Bertz CT molecular complexity index is 1420. The minimum Gasteiger partial charge on any atom is -0.324 e. The highest BCUT2D eigenvalue weighted by Crippen LogP contribution is 2.24. The van der Waals surface area contributed by atoms with Crippen LogP contribution in [0.4, 0.5) is 8.78 Å². The maximum Gasteiger partial charge on any atom is 0.330 e. The molecule has 1 fully saturated rings. The summed E-state index contributed by atoms with van der Waals surface area (Å²) < 4.78 is 57.9. The molecule has 34 heavy (non-hydrogen) atoms. The molecule has 13 heteroatoms. The number of aromatic amines is 1. The predicted molar refractivity (Wildman–Crippen MR) is 121 cm³/mol. The summed E-state index contributed by atoms with van der Waals surface area (Å²) in [4.78, 5) is 32.6.